The van der Waals surface area contributed by atoms with E-state index in [1.165, 1.54) is 17.0 Å². The molecule has 1 saturated carbocycles. The van der Waals surface area contributed by atoms with Gasteiger partial charge in [-0.3, -0.25) is 13.9 Å². The average Bonchev–Trinajstić information content (AvgIpc) is 3.00. The lowest BCUT2D eigenvalue weighted by Gasteiger charge is -2.33. The average molecular weight is 606 g/mol. The van der Waals surface area contributed by atoms with Crippen molar-refractivity contribution in [2.45, 2.75) is 83.3 Å². The summed E-state index contributed by atoms with van der Waals surface area (Å²) < 4.78 is 34.7. The molecule has 0 radical (unpaired) electrons. The highest BCUT2D eigenvalue weighted by molar-refractivity contribution is 7.92. The van der Waals surface area contributed by atoms with Gasteiger partial charge in [-0.1, -0.05) is 66.8 Å². The normalized spacial score (nSPS) is 14.5. The minimum atomic E-state index is -4.14. The topological polar surface area (TPSA) is 96.0 Å². The van der Waals surface area contributed by atoms with Crippen molar-refractivity contribution >= 4 is 27.5 Å². The number of rotatable bonds is 12. The summed E-state index contributed by atoms with van der Waals surface area (Å²) in [5, 5.41) is 3.14. The first-order chi connectivity index (χ1) is 20.6. The summed E-state index contributed by atoms with van der Waals surface area (Å²) in [6, 6.07) is 20.2. The molecule has 0 aromatic heterocycles. The number of carbonyl (C=O) groups is 2. The van der Waals surface area contributed by atoms with Crippen LogP contribution in [0.1, 0.15) is 62.6 Å². The molecule has 1 aliphatic rings. The molecule has 3 aromatic carbocycles. The number of sulfonamides is 1. The number of anilines is 1. The van der Waals surface area contributed by atoms with Crippen LogP contribution in [0.25, 0.3) is 0 Å². The summed E-state index contributed by atoms with van der Waals surface area (Å²) in [6.07, 6.45) is 5.15. The molecule has 1 fully saturated rings. The molecule has 1 unspecified atom stereocenters. The van der Waals surface area contributed by atoms with E-state index in [-0.39, 0.29) is 23.4 Å². The van der Waals surface area contributed by atoms with Gasteiger partial charge in [-0.2, -0.15) is 0 Å². The Labute approximate surface area is 256 Å². The molecule has 0 aliphatic heterocycles. The van der Waals surface area contributed by atoms with Gasteiger partial charge in [-0.05, 0) is 82.5 Å². The van der Waals surface area contributed by atoms with Gasteiger partial charge >= 0.3 is 0 Å². The van der Waals surface area contributed by atoms with Crippen LogP contribution in [0.15, 0.2) is 77.7 Å². The fourth-order valence-electron chi connectivity index (χ4n) is 5.28. The van der Waals surface area contributed by atoms with Crippen LogP contribution < -0.4 is 14.4 Å². The fourth-order valence-corrected chi connectivity index (χ4v) is 6.70. The van der Waals surface area contributed by atoms with Gasteiger partial charge in [0.15, 0.2) is 0 Å². The highest BCUT2D eigenvalue weighted by atomic mass is 32.2. The van der Waals surface area contributed by atoms with E-state index in [4.69, 9.17) is 4.74 Å². The van der Waals surface area contributed by atoms with Crippen LogP contribution in [0, 0.1) is 13.8 Å². The Kier molecular flexibility index (Phi) is 10.9. The molecule has 1 N–H and O–H groups in total. The predicted molar refractivity (Wildman–Crippen MR) is 170 cm³/mol. The quantitative estimate of drug-likeness (QED) is 0.283. The summed E-state index contributed by atoms with van der Waals surface area (Å²) in [5.41, 5.74) is 3.26. The Bertz CT molecular complexity index is 1470. The van der Waals surface area contributed by atoms with Gasteiger partial charge in [-0.15, -0.1) is 0 Å². The zero-order valence-electron chi connectivity index (χ0n) is 25.6. The van der Waals surface area contributed by atoms with E-state index < -0.39 is 28.5 Å². The molecule has 43 heavy (non-hydrogen) atoms. The Hall–Kier alpha value is -3.85. The van der Waals surface area contributed by atoms with E-state index in [0.717, 1.165) is 53.1 Å². The SMILES string of the molecule is CCOc1ccc(S(=O)(=O)N(CC(=O)N(Cc2ccc(C)cc2)C(C)C(=O)NC2CCCCC2)c2ccc(C)cc2)cc1. The van der Waals surface area contributed by atoms with Crippen LogP contribution in [0.3, 0.4) is 0 Å². The molecule has 1 aliphatic carbocycles. The monoisotopic (exact) mass is 605 g/mol. The first-order valence-corrected chi connectivity index (χ1v) is 16.5. The molecule has 3 aromatic rings. The van der Waals surface area contributed by atoms with Crippen molar-refractivity contribution in [2.75, 3.05) is 17.5 Å². The van der Waals surface area contributed by atoms with Crippen molar-refractivity contribution in [3.63, 3.8) is 0 Å². The lowest BCUT2D eigenvalue weighted by molar-refractivity contribution is -0.139. The van der Waals surface area contributed by atoms with Crippen molar-refractivity contribution in [3.8, 4) is 5.75 Å². The maximum Gasteiger partial charge on any atom is 0.264 e. The Balaban J connectivity index is 1.66. The summed E-state index contributed by atoms with van der Waals surface area (Å²) >= 11 is 0. The van der Waals surface area contributed by atoms with Crippen LogP contribution >= 0.6 is 0 Å². The zero-order chi connectivity index (χ0) is 31.0. The third kappa shape index (κ3) is 8.38. The molecule has 0 spiro atoms. The van der Waals surface area contributed by atoms with Crippen LogP contribution in [0.5, 0.6) is 5.75 Å². The molecule has 4 rings (SSSR count). The van der Waals surface area contributed by atoms with Crippen molar-refractivity contribution in [1.82, 2.24) is 10.2 Å². The molecule has 8 nitrogen and oxygen atoms in total. The van der Waals surface area contributed by atoms with Gasteiger partial charge in [0.2, 0.25) is 11.8 Å². The van der Waals surface area contributed by atoms with Crippen LogP contribution in [-0.4, -0.2) is 50.4 Å². The molecule has 9 heteroatoms. The van der Waals surface area contributed by atoms with Crippen molar-refractivity contribution in [1.29, 1.82) is 0 Å². The number of benzene rings is 3. The van der Waals surface area contributed by atoms with E-state index in [2.05, 4.69) is 5.32 Å². The molecule has 230 valence electrons. The van der Waals surface area contributed by atoms with Gasteiger partial charge in [0, 0.05) is 12.6 Å². The minimum Gasteiger partial charge on any atom is -0.494 e. The second kappa shape index (κ2) is 14.6. The molecule has 2 amide bonds. The van der Waals surface area contributed by atoms with E-state index in [9.17, 15) is 18.0 Å². The number of hydrogen-bond donors (Lipinski definition) is 1. The fraction of sp³-hybridized carbons (Fsp3) is 0.412. The molecule has 0 saturated heterocycles. The largest absolute Gasteiger partial charge is 0.494 e. The molecular formula is C34H43N3O5S. The number of amides is 2. The first kappa shape index (κ1) is 32.1. The zero-order valence-corrected chi connectivity index (χ0v) is 26.4. The first-order valence-electron chi connectivity index (χ1n) is 15.1. The highest BCUT2D eigenvalue weighted by Gasteiger charge is 2.33. The lowest BCUT2D eigenvalue weighted by atomic mass is 9.95. The third-order valence-corrected chi connectivity index (χ3v) is 9.70. The van der Waals surface area contributed by atoms with Gasteiger partial charge in [0.25, 0.3) is 10.0 Å². The number of nitrogens with one attached hydrogen (secondary N) is 1. The Morgan fingerprint density at radius 2 is 1.47 bits per heavy atom. The van der Waals surface area contributed by atoms with E-state index in [1.54, 1.807) is 31.2 Å². The Morgan fingerprint density at radius 1 is 0.884 bits per heavy atom. The maximum absolute atomic E-state index is 14.1. The van der Waals surface area contributed by atoms with E-state index in [1.807, 2.05) is 57.2 Å². The molecular weight excluding hydrogens is 562 g/mol. The van der Waals surface area contributed by atoms with E-state index in [0.29, 0.717) is 18.0 Å². The summed E-state index contributed by atoms with van der Waals surface area (Å²) in [7, 11) is -4.14. The second-order valence-electron chi connectivity index (χ2n) is 11.3. The summed E-state index contributed by atoms with van der Waals surface area (Å²) in [6.45, 7) is 7.62. The smallest absolute Gasteiger partial charge is 0.264 e. The van der Waals surface area contributed by atoms with Crippen LogP contribution in [0.2, 0.25) is 0 Å². The Morgan fingerprint density at radius 3 is 2.05 bits per heavy atom. The number of hydrogen-bond acceptors (Lipinski definition) is 5. The number of aryl methyl sites for hydroxylation is 2. The molecule has 0 bridgehead atoms. The van der Waals surface area contributed by atoms with Crippen molar-refractivity contribution in [2.24, 2.45) is 0 Å². The van der Waals surface area contributed by atoms with Gasteiger partial charge < -0.3 is 15.0 Å². The van der Waals surface area contributed by atoms with Crippen LogP contribution in [0.4, 0.5) is 5.69 Å². The van der Waals surface area contributed by atoms with Crippen molar-refractivity contribution in [3.05, 3.63) is 89.5 Å². The number of carbonyl (C=O) groups excluding carboxylic acids is 2. The standard InChI is InChI=1S/C34H43N3O5S/c1-5-42-31-19-21-32(22-20-31)43(40,41)37(30-17-13-26(3)14-18-30)24-33(38)36(23-28-15-11-25(2)12-16-28)27(4)34(39)35-29-9-7-6-8-10-29/h11-22,27,29H,5-10,23-24H2,1-4H3,(H,35,39). The summed E-state index contributed by atoms with van der Waals surface area (Å²) in [4.78, 5) is 29.1. The summed E-state index contributed by atoms with van der Waals surface area (Å²) in [5.74, 6) is -0.146. The number of nitrogens with zero attached hydrogens (tertiary/aromatic N) is 2. The number of ether oxygens (including phenoxy) is 1. The van der Waals surface area contributed by atoms with E-state index >= 15 is 0 Å². The third-order valence-electron chi connectivity index (χ3n) is 7.92. The van der Waals surface area contributed by atoms with Gasteiger partial charge in [0.05, 0.1) is 17.2 Å². The highest BCUT2D eigenvalue weighted by Crippen LogP contribution is 2.27. The van der Waals surface area contributed by atoms with Crippen molar-refractivity contribution < 1.29 is 22.7 Å². The molecule has 1 atom stereocenters. The van der Waals surface area contributed by atoms with Gasteiger partial charge in [-0.25, -0.2) is 8.42 Å². The minimum absolute atomic E-state index is 0.0394. The van der Waals surface area contributed by atoms with Crippen LogP contribution in [-0.2, 0) is 26.2 Å². The predicted octanol–water partition coefficient (Wildman–Crippen LogP) is 5.76. The lowest BCUT2D eigenvalue weighted by Crippen LogP contribution is -2.53. The molecule has 0 heterocycles. The van der Waals surface area contributed by atoms with Gasteiger partial charge in [0.1, 0.15) is 18.3 Å². The second-order valence-corrected chi connectivity index (χ2v) is 13.1. The maximum atomic E-state index is 14.1.